The Bertz CT molecular complexity index is 4110. The van der Waals surface area contributed by atoms with E-state index in [0.29, 0.717) is 16.9 Å². The molecule has 0 spiro atoms. The van der Waals surface area contributed by atoms with E-state index in [4.69, 9.17) is 14.7 Å². The standard InChI is InChI=1S/C75H64F2N4O/c1-47-39-62(49-19-11-9-12-20-49)71(78-45-47)80(57-33-29-51(30-34-57)73(3,4)5)59-37-38-60-64(43-59)75(53-23-17-25-55(76)41-53,54-24-18-26-56(77)42-54)65-44-66(69-61-27-15-16-28-67(61)82-70(69)68(60)65)81(58-35-31-52(32-36-58)74(6,7)8)72-63(40-48(2)46-79-72)50-21-13-10-14-22-50/h9-46,61,67H,1-8H3. The van der Waals surface area contributed by atoms with Crippen LogP contribution in [0.4, 0.5) is 43.2 Å². The molecule has 2 aromatic heterocycles. The van der Waals surface area contributed by atoms with Crippen molar-refractivity contribution in [3.05, 3.63) is 293 Å². The molecule has 3 aliphatic rings. The van der Waals surface area contributed by atoms with Crippen LogP contribution in [-0.4, -0.2) is 16.1 Å². The molecule has 10 aromatic rings. The van der Waals surface area contributed by atoms with Gasteiger partial charge in [0.1, 0.15) is 35.1 Å². The molecule has 5 nitrogen and oxygen atoms in total. The number of benzene rings is 8. The van der Waals surface area contributed by atoms with Crippen LogP contribution in [0.5, 0.6) is 5.75 Å². The maximum Gasteiger partial charge on any atom is 0.145 e. The van der Waals surface area contributed by atoms with Gasteiger partial charge in [-0.1, -0.05) is 175 Å². The van der Waals surface area contributed by atoms with Gasteiger partial charge in [0.25, 0.3) is 0 Å². The summed E-state index contributed by atoms with van der Waals surface area (Å²) in [6.45, 7) is 17.5. The Morgan fingerprint density at radius 2 is 0.976 bits per heavy atom. The first-order valence-electron chi connectivity index (χ1n) is 28.3. The second-order valence-corrected chi connectivity index (χ2v) is 24.2. The van der Waals surface area contributed by atoms with Gasteiger partial charge < -0.3 is 4.74 Å². The lowest BCUT2D eigenvalue weighted by molar-refractivity contribution is 0.269. The molecule has 2 aliphatic carbocycles. The number of halogens is 2. The van der Waals surface area contributed by atoms with Crippen LogP contribution in [0.15, 0.2) is 231 Å². The minimum Gasteiger partial charge on any atom is -0.484 e. The number of anilines is 6. The molecule has 404 valence electrons. The normalized spacial score (nSPS) is 15.5. The van der Waals surface area contributed by atoms with E-state index < -0.39 is 17.0 Å². The number of aryl methyl sites for hydroxylation is 2. The van der Waals surface area contributed by atoms with Gasteiger partial charge in [0.05, 0.1) is 11.1 Å². The summed E-state index contributed by atoms with van der Waals surface area (Å²) in [6, 6.07) is 65.3. The van der Waals surface area contributed by atoms with Crippen molar-refractivity contribution in [2.75, 3.05) is 9.80 Å². The van der Waals surface area contributed by atoms with E-state index in [1.807, 2.05) is 36.7 Å². The molecule has 0 fully saturated rings. The molecule has 7 heteroatoms. The summed E-state index contributed by atoms with van der Waals surface area (Å²) in [5, 5.41) is 0. The van der Waals surface area contributed by atoms with Gasteiger partial charge in [0.2, 0.25) is 0 Å². The summed E-state index contributed by atoms with van der Waals surface area (Å²) in [4.78, 5) is 15.2. The molecule has 2 atom stereocenters. The number of fused-ring (bicyclic) bond motifs is 7. The number of pyridine rings is 2. The molecule has 0 bridgehead atoms. The van der Waals surface area contributed by atoms with Crippen molar-refractivity contribution in [2.24, 2.45) is 0 Å². The van der Waals surface area contributed by atoms with Crippen LogP contribution >= 0.6 is 0 Å². The predicted molar refractivity (Wildman–Crippen MR) is 332 cm³/mol. The van der Waals surface area contributed by atoms with Crippen LogP contribution in [0.3, 0.4) is 0 Å². The van der Waals surface area contributed by atoms with E-state index in [1.54, 1.807) is 24.3 Å². The molecule has 0 saturated carbocycles. The van der Waals surface area contributed by atoms with E-state index >= 15 is 8.78 Å². The fourth-order valence-electron chi connectivity index (χ4n) is 12.7. The first kappa shape index (κ1) is 52.2. The van der Waals surface area contributed by atoms with E-state index in [0.717, 1.165) is 95.6 Å². The molecule has 82 heavy (non-hydrogen) atoms. The Kier molecular flexibility index (Phi) is 12.8. The molecule has 0 radical (unpaired) electrons. The summed E-state index contributed by atoms with van der Waals surface area (Å²) < 4.78 is 40.7. The minimum absolute atomic E-state index is 0.0934. The van der Waals surface area contributed by atoms with Crippen molar-refractivity contribution in [1.29, 1.82) is 0 Å². The Labute approximate surface area is 480 Å². The fraction of sp³-hybridized carbons (Fsp3) is 0.173. The smallest absolute Gasteiger partial charge is 0.145 e. The molecule has 3 heterocycles. The van der Waals surface area contributed by atoms with Crippen molar-refractivity contribution in [3.8, 4) is 39.1 Å². The predicted octanol–water partition coefficient (Wildman–Crippen LogP) is 19.6. The van der Waals surface area contributed by atoms with Crippen LogP contribution in [0.2, 0.25) is 0 Å². The third-order valence-corrected chi connectivity index (χ3v) is 16.6. The highest BCUT2D eigenvalue weighted by molar-refractivity contribution is 5.99. The largest absolute Gasteiger partial charge is 0.484 e. The summed E-state index contributed by atoms with van der Waals surface area (Å²) >= 11 is 0. The van der Waals surface area contributed by atoms with Crippen LogP contribution < -0.4 is 14.5 Å². The minimum atomic E-state index is -1.34. The first-order valence-corrected chi connectivity index (χ1v) is 28.3. The number of ether oxygens (including phenoxy) is 1. The number of rotatable bonds is 10. The Balaban J connectivity index is 1.16. The lowest BCUT2D eigenvalue weighted by Gasteiger charge is -2.36. The second kappa shape index (κ2) is 20.1. The molecule has 0 N–H and O–H groups in total. The van der Waals surface area contributed by atoms with Gasteiger partial charge in [0, 0.05) is 57.6 Å². The van der Waals surface area contributed by atoms with Gasteiger partial charge in [-0.15, -0.1) is 0 Å². The van der Waals surface area contributed by atoms with Gasteiger partial charge in [-0.2, -0.15) is 0 Å². The molecular weight excluding hydrogens is 1010 g/mol. The summed E-state index contributed by atoms with van der Waals surface area (Å²) in [6.07, 6.45) is 12.0. The van der Waals surface area contributed by atoms with Crippen molar-refractivity contribution in [1.82, 2.24) is 9.97 Å². The van der Waals surface area contributed by atoms with Crippen molar-refractivity contribution in [2.45, 2.75) is 83.7 Å². The van der Waals surface area contributed by atoms with Gasteiger partial charge >= 0.3 is 0 Å². The fourth-order valence-corrected chi connectivity index (χ4v) is 12.7. The zero-order valence-corrected chi connectivity index (χ0v) is 47.5. The number of allylic oxidation sites excluding steroid dienone is 2. The quantitative estimate of drug-likeness (QED) is 0.137. The number of nitrogens with zero attached hydrogens (tertiary/aromatic N) is 4. The van der Waals surface area contributed by atoms with Crippen LogP contribution in [0, 0.1) is 25.5 Å². The summed E-state index contributed by atoms with van der Waals surface area (Å²) in [5.41, 5.74) is 16.0. The van der Waals surface area contributed by atoms with Crippen molar-refractivity contribution in [3.63, 3.8) is 0 Å². The number of aromatic nitrogens is 2. The second-order valence-electron chi connectivity index (χ2n) is 24.2. The SMILES string of the molecule is Cc1cnc(N(c2ccc(C(C)(C)C)cc2)c2ccc3c(c2)C(c2cccc(F)c2)(c2cccc(F)c2)c2cc(N(c4ccc(C(C)(C)C)cc4)c4ncc(C)cc4-c4ccccc4)c4c(c2-3)OC2C=CC=CC42)c(-c2ccccc2)c1. The monoisotopic (exact) mass is 1070 g/mol. The van der Waals surface area contributed by atoms with Crippen molar-refractivity contribution >= 4 is 34.4 Å². The third-order valence-electron chi connectivity index (χ3n) is 16.6. The van der Waals surface area contributed by atoms with Gasteiger partial charge in [-0.3, -0.25) is 9.80 Å². The summed E-state index contributed by atoms with van der Waals surface area (Å²) in [7, 11) is 0. The Hall–Kier alpha value is -9.20. The lowest BCUT2D eigenvalue weighted by atomic mass is 9.67. The molecule has 13 rings (SSSR count). The topological polar surface area (TPSA) is 41.5 Å². The van der Waals surface area contributed by atoms with Crippen molar-refractivity contribution < 1.29 is 13.5 Å². The van der Waals surface area contributed by atoms with Crippen LogP contribution in [-0.2, 0) is 16.2 Å². The molecule has 8 aromatic carbocycles. The zero-order valence-electron chi connectivity index (χ0n) is 47.5. The van der Waals surface area contributed by atoms with Crippen LogP contribution in [0.1, 0.15) is 97.5 Å². The molecule has 2 unspecified atom stereocenters. The molecular formula is C75H64F2N4O. The van der Waals surface area contributed by atoms with Gasteiger partial charge in [-0.05, 0) is 171 Å². The highest BCUT2D eigenvalue weighted by atomic mass is 19.1. The third kappa shape index (κ3) is 8.91. The maximum absolute atomic E-state index is 16.6. The van der Waals surface area contributed by atoms with Gasteiger partial charge in [-0.25, -0.2) is 18.7 Å². The average Bonchev–Trinajstić information content (AvgIpc) is 2.56. The highest BCUT2D eigenvalue weighted by Gasteiger charge is 2.52. The summed E-state index contributed by atoms with van der Waals surface area (Å²) in [5.74, 6) is 1.17. The highest BCUT2D eigenvalue weighted by Crippen LogP contribution is 2.65. The first-order chi connectivity index (χ1) is 39.6. The Morgan fingerprint density at radius 3 is 1.50 bits per heavy atom. The molecule has 0 saturated heterocycles. The maximum atomic E-state index is 16.6. The Morgan fingerprint density at radius 1 is 0.476 bits per heavy atom. The van der Waals surface area contributed by atoms with E-state index in [2.05, 4.69) is 223 Å². The average molecular weight is 1080 g/mol. The number of hydrogen-bond acceptors (Lipinski definition) is 5. The zero-order chi connectivity index (χ0) is 56.7. The van der Waals surface area contributed by atoms with Gasteiger partial charge in [0.15, 0.2) is 0 Å². The molecule has 1 aliphatic heterocycles. The van der Waals surface area contributed by atoms with E-state index in [1.165, 1.54) is 23.3 Å². The lowest BCUT2D eigenvalue weighted by Crippen LogP contribution is -2.30. The van der Waals surface area contributed by atoms with Crippen LogP contribution in [0.25, 0.3) is 33.4 Å². The van der Waals surface area contributed by atoms with E-state index in [9.17, 15) is 0 Å². The number of hydrogen-bond donors (Lipinski definition) is 0. The molecule has 0 amide bonds. The van der Waals surface area contributed by atoms with E-state index in [-0.39, 0.29) is 22.9 Å².